The van der Waals surface area contributed by atoms with E-state index in [1.54, 1.807) is 72.8 Å². The van der Waals surface area contributed by atoms with Crippen LogP contribution in [0.4, 0.5) is 5.69 Å². The van der Waals surface area contributed by atoms with Crippen molar-refractivity contribution in [2.45, 2.75) is 0 Å². The fourth-order valence-electron chi connectivity index (χ4n) is 9.20. The van der Waals surface area contributed by atoms with Gasteiger partial charge in [-0.2, -0.15) is 0 Å². The Bertz CT molecular complexity index is 3000. The summed E-state index contributed by atoms with van der Waals surface area (Å²) in [6, 6.07) is 35.9. The standard InChI is InChI=1S/C52H41N7O8/c60-45(55-21-19-53-23-25-57-47(62)36-13-1-7-30-8-2-14-37(42(30)36)48(57)63)33-27-34(29-35(28-33)59-51(66)40-17-5-11-32-12-6-18-41(44(32)40)52(59)67)46(61)56-22-20-54-24-26-58-49(64)38-15-3-9-31-10-4-16-39(43(31)38)50(58)65/h1-18,27-29,53-54H,19-26H2,(H,55,60)(H,56,61). The molecule has 15 heteroatoms. The zero-order valence-electron chi connectivity index (χ0n) is 35.9. The highest BCUT2D eigenvalue weighted by molar-refractivity contribution is 6.36. The molecule has 0 aromatic heterocycles. The zero-order chi connectivity index (χ0) is 46.3. The van der Waals surface area contributed by atoms with Crippen LogP contribution in [0.5, 0.6) is 0 Å². The smallest absolute Gasteiger partial charge is 0.265 e. The summed E-state index contributed by atoms with van der Waals surface area (Å²) in [4.78, 5) is 112. The van der Waals surface area contributed by atoms with Crippen LogP contribution in [0.3, 0.4) is 0 Å². The van der Waals surface area contributed by atoms with Crippen molar-refractivity contribution in [3.63, 3.8) is 0 Å². The molecule has 3 heterocycles. The van der Waals surface area contributed by atoms with Gasteiger partial charge in [-0.3, -0.25) is 48.2 Å². The van der Waals surface area contributed by atoms with Crippen molar-refractivity contribution in [2.75, 3.05) is 57.3 Å². The average molecular weight is 892 g/mol. The van der Waals surface area contributed by atoms with Gasteiger partial charge >= 0.3 is 0 Å². The Morgan fingerprint density at radius 3 is 1.01 bits per heavy atom. The molecular formula is C52H41N7O8. The molecular weight excluding hydrogens is 851 g/mol. The van der Waals surface area contributed by atoms with Crippen LogP contribution < -0.4 is 26.2 Å². The lowest BCUT2D eigenvalue weighted by atomic mass is 9.93. The highest BCUT2D eigenvalue weighted by Gasteiger charge is 2.36. The minimum atomic E-state index is -0.608. The van der Waals surface area contributed by atoms with Crippen molar-refractivity contribution < 1.29 is 38.4 Å². The van der Waals surface area contributed by atoms with E-state index in [4.69, 9.17) is 0 Å². The first-order chi connectivity index (χ1) is 32.6. The molecule has 0 atom stereocenters. The number of imide groups is 3. The lowest BCUT2D eigenvalue weighted by Crippen LogP contribution is -2.44. The van der Waals surface area contributed by atoms with Crippen LogP contribution in [0.15, 0.2) is 127 Å². The maximum absolute atomic E-state index is 14.0. The van der Waals surface area contributed by atoms with E-state index in [0.717, 1.165) is 21.1 Å². The fraction of sp³-hybridized carbons (Fsp3) is 0.154. The summed E-state index contributed by atoms with van der Waals surface area (Å²) in [5.74, 6) is -3.87. The van der Waals surface area contributed by atoms with E-state index in [2.05, 4.69) is 21.3 Å². The van der Waals surface area contributed by atoms with Crippen LogP contribution in [-0.2, 0) is 0 Å². The van der Waals surface area contributed by atoms with Crippen molar-refractivity contribution in [3.8, 4) is 0 Å². The third-order valence-electron chi connectivity index (χ3n) is 12.4. The van der Waals surface area contributed by atoms with Gasteiger partial charge in [0.05, 0.1) is 5.69 Å². The van der Waals surface area contributed by atoms with Crippen molar-refractivity contribution in [2.24, 2.45) is 0 Å². The SMILES string of the molecule is O=C(NCCNCCN1C(=O)c2cccc3cccc(c23)C1=O)c1cc(C(=O)NCCNCCN2C(=O)c3cccc4cccc(c34)C2=O)cc(N2C(=O)c3cccc4cccc(c34)C2=O)c1. The number of nitrogens with zero attached hydrogens (tertiary/aromatic N) is 3. The normalized spacial score (nSPS) is 14.2. The van der Waals surface area contributed by atoms with Crippen LogP contribution in [0.25, 0.3) is 32.3 Å². The third-order valence-corrected chi connectivity index (χ3v) is 12.4. The molecule has 10 rings (SSSR count). The molecule has 0 saturated carbocycles. The number of nitrogens with one attached hydrogen (secondary N) is 4. The number of anilines is 1. The topological polar surface area (TPSA) is 194 Å². The molecule has 0 unspecified atom stereocenters. The average Bonchev–Trinajstić information content (AvgIpc) is 3.35. The summed E-state index contributed by atoms with van der Waals surface area (Å²) in [6.07, 6.45) is 0. The second-order valence-electron chi connectivity index (χ2n) is 16.4. The van der Waals surface area contributed by atoms with E-state index in [9.17, 15) is 38.4 Å². The van der Waals surface area contributed by atoms with Gasteiger partial charge in [0.1, 0.15) is 0 Å². The lowest BCUT2D eigenvalue weighted by Gasteiger charge is -2.28. The van der Waals surface area contributed by atoms with Gasteiger partial charge in [-0.05, 0) is 70.8 Å². The third kappa shape index (κ3) is 7.55. The van der Waals surface area contributed by atoms with Crippen LogP contribution in [-0.4, -0.2) is 109 Å². The van der Waals surface area contributed by atoms with Crippen LogP contribution in [0.2, 0.25) is 0 Å². The largest absolute Gasteiger partial charge is 0.351 e. The monoisotopic (exact) mass is 891 g/mol. The molecule has 67 heavy (non-hydrogen) atoms. The minimum absolute atomic E-state index is 0.0175. The Hall–Kier alpha value is -8.40. The van der Waals surface area contributed by atoms with Crippen LogP contribution in [0.1, 0.15) is 82.9 Å². The first-order valence-corrected chi connectivity index (χ1v) is 21.9. The van der Waals surface area contributed by atoms with Crippen molar-refractivity contribution in [3.05, 3.63) is 172 Å². The minimum Gasteiger partial charge on any atom is -0.351 e. The molecule has 15 nitrogen and oxygen atoms in total. The maximum Gasteiger partial charge on any atom is 0.265 e. The molecule has 0 radical (unpaired) electrons. The Labute approximate surface area is 382 Å². The van der Waals surface area contributed by atoms with E-state index in [1.165, 1.54) is 28.0 Å². The van der Waals surface area contributed by atoms with Gasteiger partial charge in [0, 0.05) is 113 Å². The first kappa shape index (κ1) is 42.5. The second-order valence-corrected chi connectivity index (χ2v) is 16.4. The summed E-state index contributed by atoms with van der Waals surface area (Å²) in [6.45, 7) is 1.49. The van der Waals surface area contributed by atoms with Gasteiger partial charge in [-0.25, -0.2) is 4.90 Å². The van der Waals surface area contributed by atoms with Gasteiger partial charge < -0.3 is 21.3 Å². The number of rotatable bonds is 15. The Balaban J connectivity index is 0.789. The lowest BCUT2D eigenvalue weighted by molar-refractivity contribution is 0.0596. The molecule has 7 aromatic carbocycles. The summed E-state index contributed by atoms with van der Waals surface area (Å²) in [5.41, 5.74) is 2.52. The number of hydrogen-bond donors (Lipinski definition) is 4. The first-order valence-electron chi connectivity index (χ1n) is 21.9. The molecule has 3 aliphatic rings. The number of carbonyl (C=O) groups is 8. The second kappa shape index (κ2) is 17.5. The van der Waals surface area contributed by atoms with Crippen LogP contribution in [0, 0.1) is 0 Å². The van der Waals surface area contributed by atoms with E-state index in [0.29, 0.717) is 49.5 Å². The Morgan fingerprint density at radius 2 is 0.687 bits per heavy atom. The Kier molecular flexibility index (Phi) is 11.1. The summed E-state index contributed by atoms with van der Waals surface area (Å²) in [5, 5.41) is 16.1. The van der Waals surface area contributed by atoms with E-state index in [1.807, 2.05) is 36.4 Å². The van der Waals surface area contributed by atoms with Crippen LogP contribution >= 0.6 is 0 Å². The van der Waals surface area contributed by atoms with Gasteiger partial charge in [0.15, 0.2) is 0 Å². The van der Waals surface area contributed by atoms with E-state index in [-0.39, 0.29) is 92.8 Å². The van der Waals surface area contributed by atoms with Crippen molar-refractivity contribution in [1.29, 1.82) is 0 Å². The molecule has 3 aliphatic heterocycles. The number of hydrogen-bond acceptors (Lipinski definition) is 10. The van der Waals surface area contributed by atoms with Crippen molar-refractivity contribution >= 4 is 85.3 Å². The molecule has 0 bridgehead atoms. The predicted molar refractivity (Wildman–Crippen MR) is 251 cm³/mol. The highest BCUT2D eigenvalue weighted by atomic mass is 16.2. The quantitative estimate of drug-likeness (QED) is 0.0788. The Morgan fingerprint density at radius 1 is 0.373 bits per heavy atom. The van der Waals surface area contributed by atoms with Gasteiger partial charge in [0.2, 0.25) is 0 Å². The predicted octanol–water partition coefficient (Wildman–Crippen LogP) is 5.18. The molecule has 0 saturated heterocycles. The summed E-state index contributed by atoms with van der Waals surface area (Å²) < 4.78 is 0. The molecule has 7 aromatic rings. The highest BCUT2D eigenvalue weighted by Crippen LogP contribution is 2.35. The summed E-state index contributed by atoms with van der Waals surface area (Å²) in [7, 11) is 0. The summed E-state index contributed by atoms with van der Waals surface area (Å²) >= 11 is 0. The molecule has 0 fully saturated rings. The number of benzene rings is 7. The number of carbonyl (C=O) groups excluding carboxylic acids is 8. The molecule has 0 spiro atoms. The van der Waals surface area contributed by atoms with Gasteiger partial charge in [-0.1, -0.05) is 72.8 Å². The number of amides is 8. The molecule has 4 N–H and O–H groups in total. The van der Waals surface area contributed by atoms with Crippen molar-refractivity contribution in [1.82, 2.24) is 31.1 Å². The molecule has 0 aliphatic carbocycles. The van der Waals surface area contributed by atoms with Gasteiger partial charge in [-0.15, -0.1) is 0 Å². The zero-order valence-corrected chi connectivity index (χ0v) is 35.9. The van der Waals surface area contributed by atoms with E-state index < -0.39 is 23.6 Å². The molecule has 8 amide bonds. The van der Waals surface area contributed by atoms with E-state index >= 15 is 0 Å². The van der Waals surface area contributed by atoms with Gasteiger partial charge in [0.25, 0.3) is 47.3 Å². The maximum atomic E-state index is 14.0. The fourth-order valence-corrected chi connectivity index (χ4v) is 9.20. The molecule has 332 valence electrons.